The molecule has 0 saturated carbocycles. The van der Waals surface area contributed by atoms with Gasteiger partial charge in [0.2, 0.25) is 5.95 Å². The number of aromatic nitrogens is 4. The highest BCUT2D eigenvalue weighted by Crippen LogP contribution is 2.34. The maximum atomic E-state index is 13.2. The van der Waals surface area contributed by atoms with Gasteiger partial charge in [-0.1, -0.05) is 37.3 Å². The molecule has 0 N–H and O–H groups in total. The number of benzene rings is 1. The zero-order chi connectivity index (χ0) is 20.2. The quantitative estimate of drug-likeness (QED) is 0.656. The van der Waals surface area contributed by atoms with Crippen LogP contribution in [-0.2, 0) is 20.1 Å². The van der Waals surface area contributed by atoms with Gasteiger partial charge in [0.25, 0.3) is 5.56 Å². The molecule has 1 aliphatic heterocycles. The minimum Gasteiger partial charge on any atom is -0.311 e. The van der Waals surface area contributed by atoms with E-state index in [0.717, 1.165) is 23.4 Å². The van der Waals surface area contributed by atoms with Crippen LogP contribution in [-0.4, -0.2) is 25.2 Å². The van der Waals surface area contributed by atoms with Crippen molar-refractivity contribution in [3.63, 3.8) is 0 Å². The molecule has 1 aromatic carbocycles. The average Bonchev–Trinajstić information content (AvgIpc) is 3.02. The third-order valence-electron chi connectivity index (χ3n) is 5.28. The summed E-state index contributed by atoms with van der Waals surface area (Å²) < 4.78 is 4.68. The summed E-state index contributed by atoms with van der Waals surface area (Å²) in [5, 5.41) is 0. The highest BCUT2D eigenvalue weighted by molar-refractivity contribution is 5.77. The molecule has 0 fully saturated rings. The zero-order valence-electron chi connectivity index (χ0n) is 16.8. The molecule has 1 atom stereocenters. The fraction of sp³-hybridized carbons (Fsp3) is 0.381. The number of hydrogen-bond donors (Lipinski definition) is 0. The smallest absolute Gasteiger partial charge is 0.311 e. The number of imidazole rings is 1. The molecule has 1 aliphatic rings. The molecule has 3 heterocycles. The third kappa shape index (κ3) is 2.69. The molecule has 146 valence electrons. The van der Waals surface area contributed by atoms with Crippen LogP contribution in [0, 0.1) is 12.8 Å². The topological polar surface area (TPSA) is 65.1 Å². The summed E-state index contributed by atoms with van der Waals surface area (Å²) in [5.41, 5.74) is 3.19. The molecule has 7 nitrogen and oxygen atoms in total. The first-order chi connectivity index (χ1) is 13.3. The second-order valence-electron chi connectivity index (χ2n) is 7.89. The van der Waals surface area contributed by atoms with E-state index in [2.05, 4.69) is 37.5 Å². The van der Waals surface area contributed by atoms with Crippen molar-refractivity contribution < 1.29 is 0 Å². The monoisotopic (exact) mass is 379 g/mol. The average molecular weight is 379 g/mol. The van der Waals surface area contributed by atoms with Crippen LogP contribution in [0.25, 0.3) is 11.2 Å². The van der Waals surface area contributed by atoms with E-state index in [1.807, 2.05) is 23.6 Å². The molecule has 7 heteroatoms. The van der Waals surface area contributed by atoms with Gasteiger partial charge in [0.1, 0.15) is 0 Å². The second-order valence-corrected chi connectivity index (χ2v) is 7.89. The van der Waals surface area contributed by atoms with Gasteiger partial charge in [0, 0.05) is 25.8 Å². The summed E-state index contributed by atoms with van der Waals surface area (Å²) in [4.78, 5) is 32.9. The lowest BCUT2D eigenvalue weighted by molar-refractivity contribution is 0.457. The largest absolute Gasteiger partial charge is 0.332 e. The van der Waals surface area contributed by atoms with Gasteiger partial charge in [0.15, 0.2) is 11.2 Å². The number of fused-ring (bicyclic) bond motifs is 3. The van der Waals surface area contributed by atoms with Gasteiger partial charge < -0.3 is 9.47 Å². The second kappa shape index (κ2) is 6.51. The van der Waals surface area contributed by atoms with Gasteiger partial charge in [0.05, 0.1) is 6.54 Å². The summed E-state index contributed by atoms with van der Waals surface area (Å²) in [6, 6.07) is 8.14. The van der Waals surface area contributed by atoms with E-state index in [1.165, 1.54) is 9.13 Å². The van der Waals surface area contributed by atoms with Gasteiger partial charge >= 0.3 is 5.69 Å². The van der Waals surface area contributed by atoms with Crippen molar-refractivity contribution in [3.8, 4) is 0 Å². The van der Waals surface area contributed by atoms with Gasteiger partial charge in [-0.2, -0.15) is 4.98 Å². The first-order valence-corrected chi connectivity index (χ1v) is 9.47. The highest BCUT2D eigenvalue weighted by Gasteiger charge is 2.30. The molecule has 0 amide bonds. The minimum absolute atomic E-state index is 0.207. The number of anilines is 2. The van der Waals surface area contributed by atoms with Crippen LogP contribution >= 0.6 is 0 Å². The molecule has 3 aromatic rings. The van der Waals surface area contributed by atoms with Gasteiger partial charge in [-0.3, -0.25) is 13.9 Å². The summed E-state index contributed by atoms with van der Waals surface area (Å²) in [6.07, 6.45) is 0. The zero-order valence-corrected chi connectivity index (χ0v) is 16.8. The number of aryl methyl sites for hydroxylation is 2. The van der Waals surface area contributed by atoms with E-state index >= 15 is 0 Å². The Labute approximate surface area is 163 Å². The van der Waals surface area contributed by atoms with Gasteiger partial charge in [-0.15, -0.1) is 0 Å². The molecule has 4 rings (SSSR count). The number of nitrogens with zero attached hydrogens (tertiary/aromatic N) is 5. The lowest BCUT2D eigenvalue weighted by Crippen LogP contribution is -2.40. The van der Waals surface area contributed by atoms with Crippen molar-refractivity contribution in [2.45, 2.75) is 33.9 Å². The molecule has 0 spiro atoms. The predicted molar refractivity (Wildman–Crippen MR) is 111 cm³/mol. The normalized spacial score (nSPS) is 16.4. The van der Waals surface area contributed by atoms with Crippen molar-refractivity contribution in [2.75, 3.05) is 11.4 Å². The summed E-state index contributed by atoms with van der Waals surface area (Å²) in [5.74, 6) is 1.04. The Bertz CT molecular complexity index is 1210. The van der Waals surface area contributed by atoms with Crippen LogP contribution < -0.4 is 16.1 Å². The van der Waals surface area contributed by atoms with Crippen molar-refractivity contribution in [1.29, 1.82) is 0 Å². The van der Waals surface area contributed by atoms with Gasteiger partial charge in [-0.25, -0.2) is 4.79 Å². The lowest BCUT2D eigenvalue weighted by Gasteiger charge is -2.33. The molecule has 2 aromatic heterocycles. The molecular formula is C21H25N5O2. The van der Waals surface area contributed by atoms with Crippen molar-refractivity contribution in [2.24, 2.45) is 13.0 Å². The Morgan fingerprint density at radius 3 is 2.64 bits per heavy atom. The minimum atomic E-state index is -0.369. The SMILES string of the molecule is C=C(C)Cn1c(=O)c2c(nc3n2C[C@H](C)CN3c2ccccc2C)n(C)c1=O. The lowest BCUT2D eigenvalue weighted by atomic mass is 10.1. The van der Waals surface area contributed by atoms with Gasteiger partial charge in [-0.05, 0) is 31.4 Å². The fourth-order valence-corrected chi connectivity index (χ4v) is 3.98. The molecule has 0 unspecified atom stereocenters. The summed E-state index contributed by atoms with van der Waals surface area (Å²) >= 11 is 0. The van der Waals surface area contributed by atoms with Crippen LogP contribution in [0.1, 0.15) is 19.4 Å². The standard InChI is InChI=1S/C21H25N5O2/c1-13(2)10-26-19(27)17-18(23(5)21(26)28)22-20-24(11-14(3)12-25(17)20)16-9-7-6-8-15(16)4/h6-9,14H,1,10-12H2,2-5H3/t14-/m1/s1. The van der Waals surface area contributed by atoms with Crippen LogP contribution in [0.5, 0.6) is 0 Å². The maximum Gasteiger partial charge on any atom is 0.332 e. The number of hydrogen-bond acceptors (Lipinski definition) is 4. The van der Waals surface area contributed by atoms with Crippen LogP contribution in [0.15, 0.2) is 46.0 Å². The first kappa shape index (κ1) is 18.3. The van der Waals surface area contributed by atoms with E-state index in [-0.39, 0.29) is 17.8 Å². The van der Waals surface area contributed by atoms with E-state index < -0.39 is 0 Å². The van der Waals surface area contributed by atoms with Crippen molar-refractivity contribution in [1.82, 2.24) is 18.7 Å². The third-order valence-corrected chi connectivity index (χ3v) is 5.28. The van der Waals surface area contributed by atoms with Crippen LogP contribution in [0.4, 0.5) is 11.6 Å². The van der Waals surface area contributed by atoms with Crippen LogP contribution in [0.2, 0.25) is 0 Å². The first-order valence-electron chi connectivity index (χ1n) is 9.47. The van der Waals surface area contributed by atoms with E-state index in [1.54, 1.807) is 7.05 Å². The Kier molecular flexibility index (Phi) is 4.25. The Hall–Kier alpha value is -3.09. The predicted octanol–water partition coefficient (Wildman–Crippen LogP) is 2.57. The molecule has 0 bridgehead atoms. The Morgan fingerprint density at radius 1 is 1.25 bits per heavy atom. The molecule has 0 aliphatic carbocycles. The Balaban J connectivity index is 2.04. The summed E-state index contributed by atoms with van der Waals surface area (Å²) in [6.45, 7) is 11.6. The van der Waals surface area contributed by atoms with Crippen molar-refractivity contribution in [3.05, 3.63) is 62.8 Å². The molecular weight excluding hydrogens is 354 g/mol. The molecule has 0 radical (unpaired) electrons. The highest BCUT2D eigenvalue weighted by atomic mass is 16.2. The number of rotatable bonds is 3. The van der Waals surface area contributed by atoms with E-state index in [9.17, 15) is 9.59 Å². The van der Waals surface area contributed by atoms with E-state index in [0.29, 0.717) is 29.6 Å². The molecule has 28 heavy (non-hydrogen) atoms. The maximum absolute atomic E-state index is 13.2. The summed E-state index contributed by atoms with van der Waals surface area (Å²) in [7, 11) is 1.67. The van der Waals surface area contributed by atoms with E-state index in [4.69, 9.17) is 4.98 Å². The Morgan fingerprint density at radius 2 is 1.96 bits per heavy atom. The van der Waals surface area contributed by atoms with Crippen LogP contribution in [0.3, 0.4) is 0 Å². The number of allylic oxidation sites excluding steroid dienone is 1. The molecule has 0 saturated heterocycles. The fourth-order valence-electron chi connectivity index (χ4n) is 3.98. The number of para-hydroxylation sites is 1. The van der Waals surface area contributed by atoms with Crippen molar-refractivity contribution >= 4 is 22.8 Å².